The molecular weight excluding hydrogens is 683 g/mol. The lowest BCUT2D eigenvalue weighted by molar-refractivity contribution is 0.660. The van der Waals surface area contributed by atoms with Crippen molar-refractivity contribution in [2.75, 3.05) is 0 Å². The SMILES string of the molecule is CC1(C)c2cc(C#N)ccc2-c2ccc(-c3cc(-c4cc5c(cn4)-c4ccccc4C5(C)C)cc(-c4nc(-c5ccccc5)nc(-c5ccccc5)n4)c3)cc21. The van der Waals surface area contributed by atoms with Crippen LogP contribution in [0.1, 0.15) is 55.5 Å². The van der Waals surface area contributed by atoms with Crippen molar-refractivity contribution in [1.82, 2.24) is 19.9 Å². The summed E-state index contributed by atoms with van der Waals surface area (Å²) in [7, 11) is 0. The van der Waals surface area contributed by atoms with Crippen LogP contribution in [0.4, 0.5) is 0 Å². The van der Waals surface area contributed by atoms with E-state index in [1.165, 1.54) is 44.5 Å². The van der Waals surface area contributed by atoms with Gasteiger partial charge in [0.15, 0.2) is 17.5 Å². The first-order valence-corrected chi connectivity index (χ1v) is 19.0. The van der Waals surface area contributed by atoms with E-state index in [1.807, 2.05) is 79.0 Å². The predicted octanol–water partition coefficient (Wildman–Crippen LogP) is 12.1. The number of fused-ring (bicyclic) bond motifs is 6. The summed E-state index contributed by atoms with van der Waals surface area (Å²) in [6.07, 6.45) is 2.04. The van der Waals surface area contributed by atoms with Crippen LogP contribution in [0.3, 0.4) is 0 Å². The summed E-state index contributed by atoms with van der Waals surface area (Å²) < 4.78 is 0. The van der Waals surface area contributed by atoms with Gasteiger partial charge in [0.25, 0.3) is 0 Å². The van der Waals surface area contributed by atoms with Crippen molar-refractivity contribution < 1.29 is 0 Å². The second-order valence-electron chi connectivity index (χ2n) is 15.9. The highest BCUT2D eigenvalue weighted by Crippen LogP contribution is 2.51. The standard InChI is InChI=1S/C51H37N5/c1-50(2)42-18-12-11-17-38(42)41-30-53-46(28-45(41)50)36-24-35(34-20-22-40-39-21-19-31(29-52)23-43(39)51(3,4)44(40)27-34)25-37(26-36)49-55-47(32-13-7-5-8-14-32)54-48(56-49)33-15-9-6-10-16-33/h5-28,30H,1-4H3. The highest BCUT2D eigenvalue weighted by atomic mass is 15.0. The molecule has 2 aromatic heterocycles. The van der Waals surface area contributed by atoms with E-state index in [-0.39, 0.29) is 10.8 Å². The summed E-state index contributed by atoms with van der Waals surface area (Å²) >= 11 is 0. The average Bonchev–Trinajstić information content (AvgIpc) is 3.62. The van der Waals surface area contributed by atoms with Crippen LogP contribution in [0.25, 0.3) is 78.8 Å². The van der Waals surface area contributed by atoms with Crippen LogP contribution in [-0.2, 0) is 10.8 Å². The van der Waals surface area contributed by atoms with Gasteiger partial charge in [-0.05, 0) is 92.5 Å². The van der Waals surface area contributed by atoms with Crippen molar-refractivity contribution >= 4 is 0 Å². The van der Waals surface area contributed by atoms with Gasteiger partial charge in [0, 0.05) is 44.8 Å². The molecule has 2 heterocycles. The molecule has 10 rings (SSSR count). The first kappa shape index (κ1) is 33.5. The van der Waals surface area contributed by atoms with Crippen LogP contribution in [0.5, 0.6) is 0 Å². The van der Waals surface area contributed by atoms with E-state index in [2.05, 4.69) is 107 Å². The molecule has 266 valence electrons. The van der Waals surface area contributed by atoms with Gasteiger partial charge in [-0.1, -0.05) is 131 Å². The number of pyridine rings is 1. The van der Waals surface area contributed by atoms with Gasteiger partial charge in [-0.25, -0.2) is 15.0 Å². The van der Waals surface area contributed by atoms with Gasteiger partial charge in [-0.2, -0.15) is 5.26 Å². The van der Waals surface area contributed by atoms with Crippen molar-refractivity contribution in [2.45, 2.75) is 38.5 Å². The molecule has 6 aromatic carbocycles. The number of hydrogen-bond acceptors (Lipinski definition) is 5. The zero-order chi connectivity index (χ0) is 38.2. The van der Waals surface area contributed by atoms with Gasteiger partial charge in [0.2, 0.25) is 0 Å². The van der Waals surface area contributed by atoms with Crippen LogP contribution in [0.15, 0.2) is 152 Å². The highest BCUT2D eigenvalue weighted by Gasteiger charge is 2.37. The van der Waals surface area contributed by atoms with E-state index in [0.717, 1.165) is 39.1 Å². The Bertz CT molecular complexity index is 2860. The second kappa shape index (κ2) is 12.5. The van der Waals surface area contributed by atoms with Gasteiger partial charge >= 0.3 is 0 Å². The summed E-state index contributed by atoms with van der Waals surface area (Å²) in [6.45, 7) is 9.10. The summed E-state index contributed by atoms with van der Waals surface area (Å²) in [6, 6.07) is 52.9. The molecule has 0 unspecified atom stereocenters. The Balaban J connectivity index is 1.18. The van der Waals surface area contributed by atoms with E-state index in [9.17, 15) is 5.26 Å². The number of benzene rings is 6. The molecule has 0 spiro atoms. The number of aromatic nitrogens is 4. The fourth-order valence-electron chi connectivity index (χ4n) is 8.75. The molecule has 0 fully saturated rings. The van der Waals surface area contributed by atoms with E-state index in [1.54, 1.807) is 0 Å². The molecule has 2 aliphatic rings. The molecule has 0 N–H and O–H groups in total. The molecule has 8 aromatic rings. The molecule has 0 bridgehead atoms. The fraction of sp³-hybridized carbons (Fsp3) is 0.118. The van der Waals surface area contributed by atoms with Crippen LogP contribution in [0.2, 0.25) is 0 Å². The van der Waals surface area contributed by atoms with Crippen molar-refractivity contribution in [3.05, 3.63) is 180 Å². The third kappa shape index (κ3) is 5.29. The van der Waals surface area contributed by atoms with Gasteiger partial charge in [-0.3, -0.25) is 4.98 Å². The maximum absolute atomic E-state index is 9.71. The van der Waals surface area contributed by atoms with Crippen molar-refractivity contribution in [2.24, 2.45) is 0 Å². The molecule has 56 heavy (non-hydrogen) atoms. The Morgan fingerprint density at radius 1 is 0.411 bits per heavy atom. The minimum Gasteiger partial charge on any atom is -0.256 e. The van der Waals surface area contributed by atoms with Crippen molar-refractivity contribution in [3.8, 4) is 84.9 Å². The topological polar surface area (TPSA) is 75.3 Å². The van der Waals surface area contributed by atoms with Crippen LogP contribution in [-0.4, -0.2) is 19.9 Å². The van der Waals surface area contributed by atoms with E-state index in [4.69, 9.17) is 19.9 Å². The summed E-state index contributed by atoms with van der Waals surface area (Å²) in [5.74, 6) is 1.82. The highest BCUT2D eigenvalue weighted by molar-refractivity contribution is 5.87. The lowest BCUT2D eigenvalue weighted by Crippen LogP contribution is -2.15. The maximum Gasteiger partial charge on any atom is 0.164 e. The zero-order valence-corrected chi connectivity index (χ0v) is 31.7. The second-order valence-corrected chi connectivity index (χ2v) is 15.9. The summed E-state index contributed by atoms with van der Waals surface area (Å²) in [5.41, 5.74) is 16.8. The molecule has 0 radical (unpaired) electrons. The molecule has 2 aliphatic carbocycles. The number of nitrogens with zero attached hydrogens (tertiary/aromatic N) is 5. The Hall–Kier alpha value is -7.03. The molecule has 0 amide bonds. The molecule has 0 aliphatic heterocycles. The molecule has 0 saturated carbocycles. The maximum atomic E-state index is 9.71. The van der Waals surface area contributed by atoms with Gasteiger partial charge in [-0.15, -0.1) is 0 Å². The third-order valence-electron chi connectivity index (χ3n) is 11.8. The Morgan fingerprint density at radius 3 is 1.61 bits per heavy atom. The van der Waals surface area contributed by atoms with Crippen LogP contribution >= 0.6 is 0 Å². The zero-order valence-electron chi connectivity index (χ0n) is 31.7. The predicted molar refractivity (Wildman–Crippen MR) is 225 cm³/mol. The minimum absolute atomic E-state index is 0.167. The van der Waals surface area contributed by atoms with Gasteiger partial charge in [0.1, 0.15) is 0 Å². The van der Waals surface area contributed by atoms with Crippen molar-refractivity contribution in [1.29, 1.82) is 5.26 Å². The number of nitriles is 1. The van der Waals surface area contributed by atoms with E-state index < -0.39 is 0 Å². The summed E-state index contributed by atoms with van der Waals surface area (Å²) in [4.78, 5) is 20.4. The normalized spacial score (nSPS) is 14.0. The van der Waals surface area contributed by atoms with Crippen molar-refractivity contribution in [3.63, 3.8) is 0 Å². The largest absolute Gasteiger partial charge is 0.256 e. The first-order chi connectivity index (χ1) is 27.2. The minimum atomic E-state index is -0.278. The molecular formula is C51H37N5. The Labute approximate surface area is 327 Å². The van der Waals surface area contributed by atoms with Gasteiger partial charge in [0.05, 0.1) is 17.3 Å². The van der Waals surface area contributed by atoms with Crippen LogP contribution in [0, 0.1) is 11.3 Å². The Morgan fingerprint density at radius 2 is 0.929 bits per heavy atom. The molecule has 0 saturated heterocycles. The quantitative estimate of drug-likeness (QED) is 0.177. The number of rotatable bonds is 5. The van der Waals surface area contributed by atoms with E-state index >= 15 is 0 Å². The first-order valence-electron chi connectivity index (χ1n) is 19.0. The lowest BCUT2D eigenvalue weighted by Gasteiger charge is -2.22. The average molecular weight is 720 g/mol. The number of hydrogen-bond donors (Lipinski definition) is 0. The lowest BCUT2D eigenvalue weighted by atomic mass is 9.81. The van der Waals surface area contributed by atoms with E-state index in [0.29, 0.717) is 23.0 Å². The molecule has 5 nitrogen and oxygen atoms in total. The fourth-order valence-corrected chi connectivity index (χ4v) is 8.75. The molecule has 0 atom stereocenters. The Kier molecular flexibility index (Phi) is 7.49. The van der Waals surface area contributed by atoms with Gasteiger partial charge < -0.3 is 0 Å². The monoisotopic (exact) mass is 719 g/mol. The third-order valence-corrected chi connectivity index (χ3v) is 11.8. The van der Waals surface area contributed by atoms with Crippen LogP contribution < -0.4 is 0 Å². The molecule has 5 heteroatoms. The smallest absolute Gasteiger partial charge is 0.164 e. The summed E-state index contributed by atoms with van der Waals surface area (Å²) in [5, 5.41) is 9.71.